The summed E-state index contributed by atoms with van der Waals surface area (Å²) in [7, 11) is -2.20. The Balaban J connectivity index is 1.86. The van der Waals surface area contributed by atoms with Gasteiger partial charge in [0.05, 0.1) is 27.7 Å². The number of sulfonamides is 1. The predicted molar refractivity (Wildman–Crippen MR) is 104 cm³/mol. The minimum absolute atomic E-state index is 0.103. The first-order chi connectivity index (χ1) is 12.8. The molecule has 0 atom stereocenters. The maximum atomic E-state index is 12.6. The van der Waals surface area contributed by atoms with E-state index in [0.717, 1.165) is 11.4 Å². The van der Waals surface area contributed by atoms with E-state index in [0.29, 0.717) is 16.9 Å². The van der Waals surface area contributed by atoms with Crippen molar-refractivity contribution in [2.45, 2.75) is 18.7 Å². The van der Waals surface area contributed by atoms with Gasteiger partial charge in [-0.3, -0.25) is 4.79 Å². The molecular formula is C19H20N4O3S. The molecule has 1 aromatic heterocycles. The molecule has 2 N–H and O–H groups in total. The van der Waals surface area contributed by atoms with Crippen molar-refractivity contribution in [2.24, 2.45) is 0 Å². The van der Waals surface area contributed by atoms with Crippen LogP contribution in [0.25, 0.3) is 5.69 Å². The Morgan fingerprint density at radius 1 is 1.00 bits per heavy atom. The number of rotatable bonds is 5. The van der Waals surface area contributed by atoms with Crippen LogP contribution in [0.3, 0.4) is 0 Å². The first-order valence-electron chi connectivity index (χ1n) is 8.30. The van der Waals surface area contributed by atoms with E-state index in [-0.39, 0.29) is 10.8 Å². The third kappa shape index (κ3) is 3.76. The van der Waals surface area contributed by atoms with Crippen LogP contribution in [-0.4, -0.2) is 31.2 Å². The molecule has 1 heterocycles. The van der Waals surface area contributed by atoms with Gasteiger partial charge in [-0.2, -0.15) is 5.10 Å². The van der Waals surface area contributed by atoms with Gasteiger partial charge in [0.15, 0.2) is 0 Å². The second kappa shape index (κ2) is 7.34. The number of amides is 1. The lowest BCUT2D eigenvalue weighted by molar-refractivity contribution is 0.102. The average Bonchev–Trinajstić information content (AvgIpc) is 2.97. The van der Waals surface area contributed by atoms with Crippen molar-refractivity contribution in [1.29, 1.82) is 0 Å². The molecule has 3 rings (SSSR count). The van der Waals surface area contributed by atoms with Crippen LogP contribution < -0.4 is 10.0 Å². The normalized spacial score (nSPS) is 11.4. The number of para-hydroxylation sites is 1. The average molecular weight is 384 g/mol. The monoisotopic (exact) mass is 384 g/mol. The molecule has 140 valence electrons. The molecule has 0 aliphatic heterocycles. The molecule has 0 spiro atoms. The van der Waals surface area contributed by atoms with Crippen molar-refractivity contribution in [1.82, 2.24) is 14.5 Å². The van der Waals surface area contributed by atoms with E-state index in [4.69, 9.17) is 0 Å². The predicted octanol–water partition coefficient (Wildman–Crippen LogP) is 2.65. The fourth-order valence-corrected chi connectivity index (χ4v) is 3.46. The van der Waals surface area contributed by atoms with Crippen molar-refractivity contribution in [3.8, 4) is 5.69 Å². The molecule has 0 saturated carbocycles. The lowest BCUT2D eigenvalue weighted by Crippen LogP contribution is -2.19. The smallest absolute Gasteiger partial charge is 0.255 e. The Morgan fingerprint density at radius 3 is 2.22 bits per heavy atom. The molecule has 27 heavy (non-hydrogen) atoms. The lowest BCUT2D eigenvalue weighted by atomic mass is 10.2. The summed E-state index contributed by atoms with van der Waals surface area (Å²) in [6.07, 6.45) is 0. The van der Waals surface area contributed by atoms with Crippen molar-refractivity contribution in [3.63, 3.8) is 0 Å². The van der Waals surface area contributed by atoms with E-state index in [1.807, 2.05) is 44.2 Å². The second-order valence-corrected chi connectivity index (χ2v) is 7.87. The number of aromatic nitrogens is 2. The van der Waals surface area contributed by atoms with Gasteiger partial charge in [-0.15, -0.1) is 0 Å². The minimum atomic E-state index is -3.54. The number of aryl methyl sites for hydroxylation is 1. The fraction of sp³-hybridized carbons (Fsp3) is 0.158. The Labute approximate surface area is 158 Å². The highest BCUT2D eigenvalue weighted by Gasteiger charge is 2.17. The van der Waals surface area contributed by atoms with Gasteiger partial charge in [0, 0.05) is 5.56 Å². The molecule has 0 aliphatic rings. The van der Waals surface area contributed by atoms with E-state index < -0.39 is 10.0 Å². The second-order valence-electron chi connectivity index (χ2n) is 5.98. The van der Waals surface area contributed by atoms with Crippen molar-refractivity contribution in [2.75, 3.05) is 12.4 Å². The number of benzene rings is 2. The number of nitrogens with zero attached hydrogens (tertiary/aromatic N) is 2. The van der Waals surface area contributed by atoms with Gasteiger partial charge in [0.2, 0.25) is 10.0 Å². The first kappa shape index (κ1) is 18.8. The molecule has 0 saturated heterocycles. The van der Waals surface area contributed by atoms with Gasteiger partial charge in [-0.05, 0) is 57.3 Å². The first-order valence-corrected chi connectivity index (χ1v) is 9.78. The highest BCUT2D eigenvalue weighted by molar-refractivity contribution is 7.89. The van der Waals surface area contributed by atoms with E-state index in [9.17, 15) is 13.2 Å². The Kier molecular flexibility index (Phi) is 5.11. The third-order valence-corrected chi connectivity index (χ3v) is 5.66. The third-order valence-electron chi connectivity index (χ3n) is 4.23. The lowest BCUT2D eigenvalue weighted by Gasteiger charge is -2.08. The van der Waals surface area contributed by atoms with Gasteiger partial charge in [0.1, 0.15) is 0 Å². The van der Waals surface area contributed by atoms with E-state index >= 15 is 0 Å². The summed E-state index contributed by atoms with van der Waals surface area (Å²) in [5, 5.41) is 7.37. The molecule has 7 nitrogen and oxygen atoms in total. The summed E-state index contributed by atoms with van der Waals surface area (Å²) >= 11 is 0. The molecule has 0 radical (unpaired) electrons. The fourth-order valence-electron chi connectivity index (χ4n) is 2.73. The number of nitrogens with one attached hydrogen (secondary N) is 2. The number of carbonyl (C=O) groups is 1. The highest BCUT2D eigenvalue weighted by Crippen LogP contribution is 2.23. The van der Waals surface area contributed by atoms with E-state index in [2.05, 4.69) is 15.1 Å². The van der Waals surface area contributed by atoms with Crippen LogP contribution in [0.15, 0.2) is 59.5 Å². The van der Waals surface area contributed by atoms with Gasteiger partial charge < -0.3 is 5.32 Å². The zero-order valence-electron chi connectivity index (χ0n) is 15.2. The summed E-state index contributed by atoms with van der Waals surface area (Å²) in [4.78, 5) is 12.7. The van der Waals surface area contributed by atoms with Crippen LogP contribution in [0.4, 0.5) is 5.69 Å². The van der Waals surface area contributed by atoms with Crippen LogP contribution in [0.2, 0.25) is 0 Å². The largest absolute Gasteiger partial charge is 0.319 e. The summed E-state index contributed by atoms with van der Waals surface area (Å²) in [6, 6.07) is 15.4. The number of anilines is 1. The number of carbonyl (C=O) groups excluding carboxylic acids is 1. The minimum Gasteiger partial charge on any atom is -0.319 e. The molecule has 0 aliphatic carbocycles. The van der Waals surface area contributed by atoms with Crippen molar-refractivity contribution >= 4 is 21.6 Å². The molecule has 0 unspecified atom stereocenters. The van der Waals surface area contributed by atoms with E-state index in [1.165, 1.54) is 31.3 Å². The maximum Gasteiger partial charge on any atom is 0.255 e. The van der Waals surface area contributed by atoms with Crippen LogP contribution in [0.1, 0.15) is 21.7 Å². The molecule has 2 aromatic carbocycles. The van der Waals surface area contributed by atoms with Crippen molar-refractivity contribution < 1.29 is 13.2 Å². The summed E-state index contributed by atoms with van der Waals surface area (Å²) in [6.45, 7) is 3.70. The molecule has 1 amide bonds. The van der Waals surface area contributed by atoms with E-state index in [1.54, 1.807) is 4.68 Å². The zero-order valence-corrected chi connectivity index (χ0v) is 16.0. The zero-order chi connectivity index (χ0) is 19.6. The quantitative estimate of drug-likeness (QED) is 0.707. The van der Waals surface area contributed by atoms with Crippen LogP contribution >= 0.6 is 0 Å². The summed E-state index contributed by atoms with van der Waals surface area (Å²) in [5.41, 5.74) is 3.40. The summed E-state index contributed by atoms with van der Waals surface area (Å²) < 4.78 is 27.6. The molecule has 3 aromatic rings. The Morgan fingerprint density at radius 2 is 1.63 bits per heavy atom. The van der Waals surface area contributed by atoms with Gasteiger partial charge in [-0.25, -0.2) is 17.8 Å². The molecule has 8 heteroatoms. The highest BCUT2D eigenvalue weighted by atomic mass is 32.2. The van der Waals surface area contributed by atoms with Crippen LogP contribution in [-0.2, 0) is 10.0 Å². The standard InChI is InChI=1S/C19H20N4O3S/c1-13-18(14(2)23(22-13)16-7-5-4-6-8-16)21-19(24)15-9-11-17(12-10-15)27(25,26)20-3/h4-12,20H,1-3H3,(H,21,24). The van der Waals surface area contributed by atoms with Crippen molar-refractivity contribution in [3.05, 3.63) is 71.5 Å². The van der Waals surface area contributed by atoms with Crippen LogP contribution in [0, 0.1) is 13.8 Å². The van der Waals surface area contributed by atoms with Gasteiger partial charge in [0.25, 0.3) is 5.91 Å². The SMILES string of the molecule is CNS(=O)(=O)c1ccc(C(=O)Nc2c(C)nn(-c3ccccc3)c2C)cc1. The molecule has 0 fully saturated rings. The van der Waals surface area contributed by atoms with Gasteiger partial charge in [-0.1, -0.05) is 18.2 Å². The Bertz CT molecular complexity index is 1070. The van der Waals surface area contributed by atoms with Crippen LogP contribution in [0.5, 0.6) is 0 Å². The topological polar surface area (TPSA) is 93.1 Å². The number of hydrogen-bond donors (Lipinski definition) is 2. The molecule has 0 bridgehead atoms. The maximum absolute atomic E-state index is 12.6. The Hall–Kier alpha value is -2.97. The summed E-state index contributed by atoms with van der Waals surface area (Å²) in [5.74, 6) is -0.331. The number of hydrogen-bond acceptors (Lipinski definition) is 4. The molecular weight excluding hydrogens is 364 g/mol. The van der Waals surface area contributed by atoms with Gasteiger partial charge >= 0.3 is 0 Å².